The fourth-order valence-electron chi connectivity index (χ4n) is 6.23. The van der Waals surface area contributed by atoms with E-state index in [0.29, 0.717) is 18.0 Å². The zero-order valence-electron chi connectivity index (χ0n) is 29.8. The van der Waals surface area contributed by atoms with Gasteiger partial charge in [0.25, 0.3) is 0 Å². The summed E-state index contributed by atoms with van der Waals surface area (Å²) in [5, 5.41) is 1.53. The third kappa shape index (κ3) is 11.7. The minimum absolute atomic E-state index is 0.115. The van der Waals surface area contributed by atoms with Crippen LogP contribution >= 0.6 is 0 Å². The molecule has 1 aliphatic rings. The largest absolute Gasteiger partial charge is 0.462 e. The second kappa shape index (κ2) is 20.1. The smallest absolute Gasteiger partial charge is 0.364 e. The molecular weight excluding hydrogens is 589 g/mol. The van der Waals surface area contributed by atoms with Gasteiger partial charge in [-0.05, 0) is 93.0 Å². The van der Waals surface area contributed by atoms with Crippen molar-refractivity contribution in [3.05, 3.63) is 87.9 Å². The molecule has 0 saturated carbocycles. The number of hydrogen-bond donors (Lipinski definition) is 0. The number of carbonyl (C=O) groups excluding carboxylic acids is 2. The Morgan fingerprint density at radius 1 is 0.787 bits per heavy atom. The van der Waals surface area contributed by atoms with Crippen molar-refractivity contribution in [3.63, 3.8) is 0 Å². The van der Waals surface area contributed by atoms with Gasteiger partial charge in [-0.2, -0.15) is 5.06 Å². The van der Waals surface area contributed by atoms with Crippen LogP contribution in [0.5, 0.6) is 0 Å². The number of benzene rings is 2. The summed E-state index contributed by atoms with van der Waals surface area (Å²) in [5.74, 6) is -1.00. The molecule has 0 aromatic heterocycles. The van der Waals surface area contributed by atoms with E-state index in [4.69, 9.17) is 9.57 Å². The molecule has 0 amide bonds. The summed E-state index contributed by atoms with van der Waals surface area (Å²) in [6, 6.07) is 10.2. The average Bonchev–Trinajstić information content (AvgIpc) is 3.05. The zero-order valence-corrected chi connectivity index (χ0v) is 29.8. The summed E-state index contributed by atoms with van der Waals surface area (Å²) < 4.78 is 19.4. The summed E-state index contributed by atoms with van der Waals surface area (Å²) in [5.41, 5.74) is 4.61. The lowest BCUT2D eigenvalue weighted by Gasteiger charge is -2.33. The molecule has 2 aromatic carbocycles. The van der Waals surface area contributed by atoms with Crippen molar-refractivity contribution in [2.75, 3.05) is 6.61 Å². The number of ether oxygens (including phenoxy) is 1. The van der Waals surface area contributed by atoms with Crippen molar-refractivity contribution in [3.8, 4) is 0 Å². The third-order valence-electron chi connectivity index (χ3n) is 9.01. The van der Waals surface area contributed by atoms with Crippen molar-refractivity contribution in [1.82, 2.24) is 5.06 Å². The number of allylic oxidation sites excluding steroid dienone is 3. The lowest BCUT2D eigenvalue weighted by Crippen LogP contribution is -2.30. The van der Waals surface area contributed by atoms with E-state index >= 15 is 0 Å². The molecule has 0 bridgehead atoms. The maximum atomic E-state index is 14.3. The normalized spacial score (nSPS) is 14.6. The summed E-state index contributed by atoms with van der Waals surface area (Å²) in [6.45, 7) is 12.6. The lowest BCUT2D eigenvalue weighted by atomic mass is 9.90. The van der Waals surface area contributed by atoms with Crippen molar-refractivity contribution in [1.29, 1.82) is 0 Å². The first-order chi connectivity index (χ1) is 22.7. The van der Waals surface area contributed by atoms with Crippen molar-refractivity contribution < 1.29 is 23.6 Å². The van der Waals surface area contributed by atoms with Gasteiger partial charge in [-0.1, -0.05) is 104 Å². The van der Waals surface area contributed by atoms with Gasteiger partial charge in [-0.25, -0.2) is 14.0 Å². The summed E-state index contributed by atoms with van der Waals surface area (Å²) in [6.07, 6.45) is 19.5. The molecule has 0 aliphatic carbocycles. The average molecular weight is 648 g/mol. The van der Waals surface area contributed by atoms with Crippen LogP contribution in [-0.4, -0.2) is 23.6 Å². The fraction of sp³-hybridized carbons (Fsp3) is 0.561. The molecule has 3 rings (SSSR count). The second-order valence-corrected chi connectivity index (χ2v) is 13.3. The quantitative estimate of drug-likeness (QED) is 0.106. The topological polar surface area (TPSA) is 55.8 Å². The van der Waals surface area contributed by atoms with Gasteiger partial charge in [0, 0.05) is 11.5 Å². The van der Waals surface area contributed by atoms with E-state index in [-0.39, 0.29) is 29.5 Å². The Morgan fingerprint density at radius 2 is 1.38 bits per heavy atom. The first kappa shape index (κ1) is 38.0. The Hall–Kier alpha value is -3.41. The van der Waals surface area contributed by atoms with Gasteiger partial charge in [0.15, 0.2) is 0 Å². The Balaban J connectivity index is 1.99. The van der Waals surface area contributed by atoms with Gasteiger partial charge in [0.05, 0.1) is 29.1 Å². The van der Waals surface area contributed by atoms with E-state index in [0.717, 1.165) is 60.9 Å². The van der Waals surface area contributed by atoms with E-state index in [1.165, 1.54) is 62.1 Å². The maximum Gasteiger partial charge on any atom is 0.364 e. The maximum absolute atomic E-state index is 14.3. The van der Waals surface area contributed by atoms with Crippen molar-refractivity contribution in [2.45, 2.75) is 131 Å². The molecular formula is C41H58FNO4. The van der Waals surface area contributed by atoms with E-state index in [2.05, 4.69) is 45.9 Å². The fourth-order valence-corrected chi connectivity index (χ4v) is 6.23. The number of aryl methyl sites for hydroxylation is 2. The van der Waals surface area contributed by atoms with Gasteiger partial charge in [0.2, 0.25) is 0 Å². The zero-order chi connectivity index (χ0) is 34.2. The highest BCUT2D eigenvalue weighted by atomic mass is 19.1. The van der Waals surface area contributed by atoms with Crippen LogP contribution in [0.15, 0.2) is 54.2 Å². The standard InChI is InChI=1S/C41H58FNO4/c1-7-10-12-14-16-18-20-32-27-34(21-19-17-15-13-11-8-2)39(37(28-32)40(44)46-9-3)41(45)47-43-31(6)26-35(30(4)5)29-38(43)33-22-24-36(42)25-23-33/h22-30,35H,7-21H2,1-6H3. The number of hydroxylamine groups is 2. The molecule has 258 valence electrons. The Kier molecular flexibility index (Phi) is 16.2. The molecule has 6 heteroatoms. The van der Waals surface area contributed by atoms with E-state index in [9.17, 15) is 14.0 Å². The van der Waals surface area contributed by atoms with Gasteiger partial charge in [-0.3, -0.25) is 0 Å². The second-order valence-electron chi connectivity index (χ2n) is 13.3. The molecule has 0 saturated heterocycles. The third-order valence-corrected chi connectivity index (χ3v) is 9.01. The molecule has 0 fully saturated rings. The van der Waals surface area contributed by atoms with Gasteiger partial charge >= 0.3 is 11.9 Å². The van der Waals surface area contributed by atoms with Crippen LogP contribution in [0, 0.1) is 17.7 Å². The Morgan fingerprint density at radius 3 is 1.98 bits per heavy atom. The highest BCUT2D eigenvalue weighted by molar-refractivity contribution is 6.04. The predicted octanol–water partition coefficient (Wildman–Crippen LogP) is 11.4. The number of halogens is 1. The van der Waals surface area contributed by atoms with Crippen LogP contribution in [-0.2, 0) is 22.4 Å². The minimum Gasteiger partial charge on any atom is -0.462 e. The van der Waals surface area contributed by atoms with Crippen LogP contribution in [0.25, 0.3) is 5.70 Å². The highest BCUT2D eigenvalue weighted by Crippen LogP contribution is 2.35. The number of nitrogens with zero attached hydrogens (tertiary/aromatic N) is 1. The highest BCUT2D eigenvalue weighted by Gasteiger charge is 2.30. The number of carbonyl (C=O) groups is 2. The lowest BCUT2D eigenvalue weighted by molar-refractivity contribution is -0.0436. The summed E-state index contributed by atoms with van der Waals surface area (Å²) in [7, 11) is 0. The minimum atomic E-state index is -0.594. The molecule has 0 radical (unpaired) electrons. The number of esters is 1. The summed E-state index contributed by atoms with van der Waals surface area (Å²) >= 11 is 0. The van der Waals surface area contributed by atoms with Crippen LogP contribution in [0.3, 0.4) is 0 Å². The van der Waals surface area contributed by atoms with Crippen molar-refractivity contribution in [2.24, 2.45) is 11.8 Å². The Bertz CT molecular complexity index is 1340. The molecule has 1 atom stereocenters. The monoisotopic (exact) mass is 647 g/mol. The molecule has 1 unspecified atom stereocenters. The molecule has 0 N–H and O–H groups in total. The number of hydrogen-bond acceptors (Lipinski definition) is 5. The molecule has 1 aliphatic heterocycles. The van der Waals surface area contributed by atoms with Crippen LogP contribution in [0.1, 0.15) is 156 Å². The van der Waals surface area contributed by atoms with Crippen LogP contribution in [0.2, 0.25) is 0 Å². The summed E-state index contributed by atoms with van der Waals surface area (Å²) in [4.78, 5) is 34.0. The Labute approximate surface area is 283 Å². The molecule has 5 nitrogen and oxygen atoms in total. The molecule has 1 heterocycles. The molecule has 47 heavy (non-hydrogen) atoms. The first-order valence-corrected chi connectivity index (χ1v) is 18.2. The van der Waals surface area contributed by atoms with E-state index in [1.807, 2.05) is 13.0 Å². The van der Waals surface area contributed by atoms with Crippen LogP contribution in [0.4, 0.5) is 4.39 Å². The first-order valence-electron chi connectivity index (χ1n) is 18.2. The van der Waals surface area contributed by atoms with E-state index in [1.54, 1.807) is 19.1 Å². The predicted molar refractivity (Wildman–Crippen MR) is 190 cm³/mol. The SMILES string of the molecule is CCCCCCCCc1cc(CCCCCCCC)c(C(=O)ON2C(C)=CC(C(C)C)C=C2c2ccc(F)cc2)c(C(=O)OCC)c1. The van der Waals surface area contributed by atoms with Gasteiger partial charge in [-0.15, -0.1) is 0 Å². The molecule has 0 spiro atoms. The number of unbranched alkanes of at least 4 members (excludes halogenated alkanes) is 10. The van der Waals surface area contributed by atoms with Crippen LogP contribution < -0.4 is 0 Å². The van der Waals surface area contributed by atoms with Gasteiger partial charge in [0.1, 0.15) is 5.82 Å². The van der Waals surface area contributed by atoms with Gasteiger partial charge < -0.3 is 9.57 Å². The van der Waals surface area contributed by atoms with Crippen molar-refractivity contribution >= 4 is 17.6 Å². The van der Waals surface area contributed by atoms with E-state index < -0.39 is 11.9 Å². The molecule has 2 aromatic rings. The number of rotatable bonds is 20.